The Labute approximate surface area is 140 Å². The van der Waals surface area contributed by atoms with Gasteiger partial charge < -0.3 is 25.0 Å². The standard InChI is InChI=1S/C16H21N3O5/c1-17-15(22)18-7-9-19(10-8-18)16(23)24-13(14(20)21)11-12-5-3-2-4-6-12/h2-6,13H,7-11H2,1H3,(H,17,22)(H,20,21)/t13-/m0/s1. The second-order valence-corrected chi connectivity index (χ2v) is 5.43. The lowest BCUT2D eigenvalue weighted by Crippen LogP contribution is -2.53. The highest BCUT2D eigenvalue weighted by Gasteiger charge is 2.29. The van der Waals surface area contributed by atoms with Gasteiger partial charge in [0, 0.05) is 39.6 Å². The Morgan fingerprint density at radius 2 is 1.71 bits per heavy atom. The molecule has 1 aliphatic rings. The molecule has 2 N–H and O–H groups in total. The van der Waals surface area contributed by atoms with Crippen molar-refractivity contribution in [1.29, 1.82) is 0 Å². The molecule has 0 saturated carbocycles. The van der Waals surface area contributed by atoms with E-state index in [1.807, 2.05) is 6.07 Å². The third-order valence-corrected chi connectivity index (χ3v) is 3.82. The summed E-state index contributed by atoms with van der Waals surface area (Å²) in [7, 11) is 1.55. The highest BCUT2D eigenvalue weighted by molar-refractivity contribution is 5.78. The van der Waals surface area contributed by atoms with Gasteiger partial charge >= 0.3 is 18.1 Å². The number of carbonyl (C=O) groups excluding carboxylic acids is 2. The van der Waals surface area contributed by atoms with Gasteiger partial charge in [-0.2, -0.15) is 0 Å². The Bertz CT molecular complexity index is 585. The van der Waals surface area contributed by atoms with Crippen molar-refractivity contribution in [1.82, 2.24) is 15.1 Å². The number of amides is 3. The lowest BCUT2D eigenvalue weighted by molar-refractivity contribution is -0.147. The Kier molecular flexibility index (Phi) is 6.00. The van der Waals surface area contributed by atoms with E-state index < -0.39 is 18.2 Å². The molecule has 1 saturated heterocycles. The summed E-state index contributed by atoms with van der Waals surface area (Å²) in [5.74, 6) is -1.18. The summed E-state index contributed by atoms with van der Waals surface area (Å²) >= 11 is 0. The molecule has 3 amide bonds. The van der Waals surface area contributed by atoms with Crippen LogP contribution in [0.15, 0.2) is 30.3 Å². The van der Waals surface area contributed by atoms with E-state index in [-0.39, 0.29) is 12.5 Å². The lowest BCUT2D eigenvalue weighted by Gasteiger charge is -2.34. The van der Waals surface area contributed by atoms with Crippen LogP contribution in [0.4, 0.5) is 9.59 Å². The summed E-state index contributed by atoms with van der Waals surface area (Å²) in [6, 6.07) is 8.80. The molecule has 2 rings (SSSR count). The molecular weight excluding hydrogens is 314 g/mol. The molecule has 1 aromatic carbocycles. The summed E-state index contributed by atoms with van der Waals surface area (Å²) in [5.41, 5.74) is 0.780. The topological polar surface area (TPSA) is 99.2 Å². The predicted molar refractivity (Wildman–Crippen MR) is 85.7 cm³/mol. The molecule has 1 atom stereocenters. The number of carboxylic acids is 1. The molecule has 1 aromatic rings. The van der Waals surface area contributed by atoms with Gasteiger partial charge in [0.05, 0.1) is 0 Å². The van der Waals surface area contributed by atoms with E-state index in [0.717, 1.165) is 5.56 Å². The van der Waals surface area contributed by atoms with Gasteiger partial charge in [0.25, 0.3) is 0 Å². The summed E-state index contributed by atoms with van der Waals surface area (Å²) in [6.45, 7) is 1.38. The van der Waals surface area contributed by atoms with Gasteiger partial charge in [-0.15, -0.1) is 0 Å². The fourth-order valence-corrected chi connectivity index (χ4v) is 2.45. The van der Waals surface area contributed by atoms with Crippen LogP contribution in [-0.4, -0.2) is 72.3 Å². The van der Waals surface area contributed by atoms with E-state index in [2.05, 4.69) is 5.32 Å². The Morgan fingerprint density at radius 3 is 2.25 bits per heavy atom. The van der Waals surface area contributed by atoms with Crippen LogP contribution in [0.3, 0.4) is 0 Å². The van der Waals surface area contributed by atoms with E-state index in [4.69, 9.17) is 4.74 Å². The van der Waals surface area contributed by atoms with Crippen LogP contribution in [0.25, 0.3) is 0 Å². The van der Waals surface area contributed by atoms with Crippen molar-refractivity contribution in [3.05, 3.63) is 35.9 Å². The van der Waals surface area contributed by atoms with Crippen LogP contribution in [0.1, 0.15) is 5.56 Å². The van der Waals surface area contributed by atoms with Crippen molar-refractivity contribution < 1.29 is 24.2 Å². The van der Waals surface area contributed by atoms with Crippen molar-refractivity contribution in [2.45, 2.75) is 12.5 Å². The number of hydrogen-bond acceptors (Lipinski definition) is 4. The Balaban J connectivity index is 1.89. The van der Waals surface area contributed by atoms with Crippen LogP contribution in [0.2, 0.25) is 0 Å². The molecule has 130 valence electrons. The zero-order chi connectivity index (χ0) is 17.5. The molecule has 0 radical (unpaired) electrons. The molecule has 0 bridgehead atoms. The molecule has 0 spiro atoms. The monoisotopic (exact) mass is 335 g/mol. The predicted octanol–water partition coefficient (Wildman–Crippen LogP) is 0.776. The van der Waals surface area contributed by atoms with Crippen molar-refractivity contribution in [3.63, 3.8) is 0 Å². The van der Waals surface area contributed by atoms with Crippen molar-refractivity contribution >= 4 is 18.1 Å². The minimum Gasteiger partial charge on any atom is -0.478 e. The summed E-state index contributed by atoms with van der Waals surface area (Å²) in [5, 5.41) is 11.8. The molecule has 0 aromatic heterocycles. The number of rotatable bonds is 4. The van der Waals surface area contributed by atoms with E-state index in [1.165, 1.54) is 4.90 Å². The largest absolute Gasteiger partial charge is 0.478 e. The Hall–Kier alpha value is -2.77. The van der Waals surface area contributed by atoms with Gasteiger partial charge in [0.15, 0.2) is 0 Å². The fourth-order valence-electron chi connectivity index (χ4n) is 2.45. The zero-order valence-electron chi connectivity index (χ0n) is 13.5. The molecule has 8 nitrogen and oxygen atoms in total. The number of aliphatic carboxylic acids is 1. The van der Waals surface area contributed by atoms with E-state index in [1.54, 1.807) is 36.2 Å². The molecule has 8 heteroatoms. The number of nitrogens with zero attached hydrogens (tertiary/aromatic N) is 2. The summed E-state index contributed by atoms with van der Waals surface area (Å²) in [4.78, 5) is 38.0. The number of carboxylic acid groups (broad SMARTS) is 1. The molecule has 0 unspecified atom stereocenters. The lowest BCUT2D eigenvalue weighted by atomic mass is 10.1. The van der Waals surface area contributed by atoms with Gasteiger partial charge in [0.2, 0.25) is 6.10 Å². The molecule has 0 aliphatic carbocycles. The number of piperazine rings is 1. The first kappa shape index (κ1) is 17.6. The number of hydrogen-bond donors (Lipinski definition) is 2. The second-order valence-electron chi connectivity index (χ2n) is 5.43. The third-order valence-electron chi connectivity index (χ3n) is 3.82. The number of urea groups is 1. The van der Waals surface area contributed by atoms with E-state index in [9.17, 15) is 19.5 Å². The maximum atomic E-state index is 12.2. The van der Waals surface area contributed by atoms with Gasteiger partial charge in [-0.1, -0.05) is 30.3 Å². The van der Waals surface area contributed by atoms with Crippen molar-refractivity contribution in [2.24, 2.45) is 0 Å². The van der Waals surface area contributed by atoms with Gasteiger partial charge in [-0.05, 0) is 5.56 Å². The van der Waals surface area contributed by atoms with Gasteiger partial charge in [-0.25, -0.2) is 14.4 Å². The number of nitrogens with one attached hydrogen (secondary N) is 1. The quantitative estimate of drug-likeness (QED) is 0.847. The molecular formula is C16H21N3O5. The summed E-state index contributed by atoms with van der Waals surface area (Å²) < 4.78 is 5.15. The maximum Gasteiger partial charge on any atom is 0.410 e. The third kappa shape index (κ3) is 4.61. The van der Waals surface area contributed by atoms with Crippen LogP contribution in [0, 0.1) is 0 Å². The van der Waals surface area contributed by atoms with Crippen LogP contribution in [0.5, 0.6) is 0 Å². The molecule has 1 heterocycles. The smallest absolute Gasteiger partial charge is 0.410 e. The SMILES string of the molecule is CNC(=O)N1CCN(C(=O)O[C@@H](Cc2ccccc2)C(=O)O)CC1. The zero-order valence-corrected chi connectivity index (χ0v) is 13.5. The van der Waals surface area contributed by atoms with Crippen LogP contribution in [-0.2, 0) is 16.0 Å². The number of carbonyl (C=O) groups is 3. The minimum atomic E-state index is -1.24. The van der Waals surface area contributed by atoms with Gasteiger partial charge in [-0.3, -0.25) is 0 Å². The molecule has 1 fully saturated rings. The Morgan fingerprint density at radius 1 is 1.12 bits per heavy atom. The average Bonchev–Trinajstić information content (AvgIpc) is 2.61. The van der Waals surface area contributed by atoms with E-state index >= 15 is 0 Å². The highest BCUT2D eigenvalue weighted by Crippen LogP contribution is 2.10. The first-order chi connectivity index (χ1) is 11.5. The normalized spacial score (nSPS) is 15.5. The fraction of sp³-hybridized carbons (Fsp3) is 0.438. The molecule has 24 heavy (non-hydrogen) atoms. The van der Waals surface area contributed by atoms with Gasteiger partial charge in [0.1, 0.15) is 0 Å². The summed E-state index contributed by atoms with van der Waals surface area (Å²) in [6.07, 6.45) is -1.80. The maximum absolute atomic E-state index is 12.2. The van der Waals surface area contributed by atoms with Crippen LogP contribution < -0.4 is 5.32 Å². The van der Waals surface area contributed by atoms with E-state index in [0.29, 0.717) is 26.2 Å². The second kappa shape index (κ2) is 8.19. The minimum absolute atomic E-state index is 0.111. The number of ether oxygens (including phenoxy) is 1. The highest BCUT2D eigenvalue weighted by atomic mass is 16.6. The average molecular weight is 335 g/mol. The first-order valence-corrected chi connectivity index (χ1v) is 7.70. The molecule has 1 aliphatic heterocycles. The number of benzene rings is 1. The van der Waals surface area contributed by atoms with Crippen molar-refractivity contribution in [3.8, 4) is 0 Å². The van der Waals surface area contributed by atoms with Crippen molar-refractivity contribution in [2.75, 3.05) is 33.2 Å². The first-order valence-electron chi connectivity index (χ1n) is 7.70. The van der Waals surface area contributed by atoms with Crippen LogP contribution >= 0.6 is 0 Å².